The lowest BCUT2D eigenvalue weighted by Crippen LogP contribution is -1.97. The van der Waals surface area contributed by atoms with E-state index in [-0.39, 0.29) is 0 Å². The van der Waals surface area contributed by atoms with Crippen LogP contribution < -0.4 is 10.5 Å². The first kappa shape index (κ1) is 13.7. The first-order valence-corrected chi connectivity index (χ1v) is 7.00. The van der Waals surface area contributed by atoms with Gasteiger partial charge in [-0.3, -0.25) is 0 Å². The third kappa shape index (κ3) is 2.52. The number of halogens is 1. The maximum absolute atomic E-state index is 6.13. The van der Waals surface area contributed by atoms with Gasteiger partial charge in [0.1, 0.15) is 5.52 Å². The second-order valence-electron chi connectivity index (χ2n) is 5.05. The summed E-state index contributed by atoms with van der Waals surface area (Å²) in [5.41, 5.74) is 8.13. The average Bonchev–Trinajstić information content (AvgIpc) is 2.88. The molecule has 2 heterocycles. The standard InChI is InChI=1S/C15H15ClN4O/c1-9(2)12-8-13-15(18-6-7-20(13)19-12)21-14-10(16)4-3-5-11(14)17/h3-9H,17H2,1-2H3. The number of ether oxygens (including phenoxy) is 1. The fourth-order valence-electron chi connectivity index (χ4n) is 2.01. The SMILES string of the molecule is CC(C)c1cc2c(Oc3c(N)cccc3Cl)nccn2n1. The Bertz CT molecular complexity index is 777. The molecular weight excluding hydrogens is 288 g/mol. The minimum absolute atomic E-state index is 0.322. The Morgan fingerprint density at radius 1 is 1.33 bits per heavy atom. The van der Waals surface area contributed by atoms with Gasteiger partial charge >= 0.3 is 0 Å². The van der Waals surface area contributed by atoms with Crippen LogP contribution in [0.1, 0.15) is 25.5 Å². The summed E-state index contributed by atoms with van der Waals surface area (Å²) in [6.45, 7) is 4.17. The van der Waals surface area contributed by atoms with Gasteiger partial charge in [0.25, 0.3) is 0 Å². The van der Waals surface area contributed by atoms with Gasteiger partial charge in [0.05, 0.1) is 16.4 Å². The molecular formula is C15H15ClN4O. The van der Waals surface area contributed by atoms with Crippen molar-refractivity contribution in [3.05, 3.63) is 47.4 Å². The van der Waals surface area contributed by atoms with Crippen LogP contribution in [-0.2, 0) is 0 Å². The van der Waals surface area contributed by atoms with E-state index in [1.165, 1.54) is 0 Å². The van der Waals surface area contributed by atoms with E-state index in [0.29, 0.717) is 28.3 Å². The van der Waals surface area contributed by atoms with E-state index in [4.69, 9.17) is 22.1 Å². The molecule has 1 aromatic carbocycles. The smallest absolute Gasteiger partial charge is 0.245 e. The van der Waals surface area contributed by atoms with Crippen LogP contribution in [0.4, 0.5) is 5.69 Å². The molecule has 0 aliphatic carbocycles. The molecule has 0 unspecified atom stereocenters. The lowest BCUT2D eigenvalue weighted by molar-refractivity contribution is 0.468. The van der Waals surface area contributed by atoms with Crippen molar-refractivity contribution >= 4 is 22.8 Å². The Morgan fingerprint density at radius 3 is 2.86 bits per heavy atom. The minimum Gasteiger partial charge on any atom is -0.433 e. The largest absolute Gasteiger partial charge is 0.433 e. The van der Waals surface area contributed by atoms with Gasteiger partial charge < -0.3 is 10.5 Å². The topological polar surface area (TPSA) is 65.4 Å². The van der Waals surface area contributed by atoms with Gasteiger partial charge in [-0.15, -0.1) is 0 Å². The zero-order chi connectivity index (χ0) is 15.0. The van der Waals surface area contributed by atoms with Crippen LogP contribution in [0.2, 0.25) is 5.02 Å². The number of hydrogen-bond acceptors (Lipinski definition) is 4. The van der Waals surface area contributed by atoms with Gasteiger partial charge in [-0.1, -0.05) is 31.5 Å². The van der Waals surface area contributed by atoms with Gasteiger partial charge in [-0.25, -0.2) is 9.50 Å². The summed E-state index contributed by atoms with van der Waals surface area (Å²) < 4.78 is 7.56. The van der Waals surface area contributed by atoms with Crippen LogP contribution in [0.25, 0.3) is 5.52 Å². The van der Waals surface area contributed by atoms with Gasteiger partial charge in [-0.05, 0) is 24.1 Å². The summed E-state index contributed by atoms with van der Waals surface area (Å²) in [7, 11) is 0. The maximum Gasteiger partial charge on any atom is 0.245 e. The first-order chi connectivity index (χ1) is 10.1. The molecule has 2 N–H and O–H groups in total. The van der Waals surface area contributed by atoms with Crippen molar-refractivity contribution in [2.75, 3.05) is 5.73 Å². The Balaban J connectivity index is 2.08. The molecule has 0 saturated heterocycles. The van der Waals surface area contributed by atoms with Crippen molar-refractivity contribution in [3.8, 4) is 11.6 Å². The molecule has 108 valence electrons. The van der Waals surface area contributed by atoms with E-state index in [1.54, 1.807) is 35.1 Å². The van der Waals surface area contributed by atoms with Crippen LogP contribution in [0.5, 0.6) is 11.6 Å². The molecule has 6 heteroatoms. The monoisotopic (exact) mass is 302 g/mol. The van der Waals surface area contributed by atoms with Gasteiger partial charge in [-0.2, -0.15) is 5.10 Å². The Kier molecular flexibility index (Phi) is 3.43. The van der Waals surface area contributed by atoms with E-state index in [9.17, 15) is 0 Å². The minimum atomic E-state index is 0.322. The number of rotatable bonds is 3. The third-order valence-electron chi connectivity index (χ3n) is 3.16. The zero-order valence-corrected chi connectivity index (χ0v) is 12.5. The number of benzene rings is 1. The number of para-hydroxylation sites is 1. The molecule has 0 aliphatic rings. The summed E-state index contributed by atoms with van der Waals surface area (Å²) in [5, 5.41) is 4.94. The highest BCUT2D eigenvalue weighted by molar-refractivity contribution is 6.32. The van der Waals surface area contributed by atoms with Crippen LogP contribution in [-0.4, -0.2) is 14.6 Å². The molecule has 0 aliphatic heterocycles. The molecule has 3 rings (SSSR count). The molecule has 5 nitrogen and oxygen atoms in total. The quantitative estimate of drug-likeness (QED) is 0.746. The Morgan fingerprint density at radius 2 is 2.14 bits per heavy atom. The number of fused-ring (bicyclic) bond motifs is 1. The molecule has 0 fully saturated rings. The average molecular weight is 303 g/mol. The maximum atomic E-state index is 6.13. The lowest BCUT2D eigenvalue weighted by Gasteiger charge is -2.09. The summed E-state index contributed by atoms with van der Waals surface area (Å²) in [6.07, 6.45) is 3.41. The van der Waals surface area contributed by atoms with Crippen molar-refractivity contribution in [1.82, 2.24) is 14.6 Å². The van der Waals surface area contributed by atoms with E-state index in [0.717, 1.165) is 11.2 Å². The Labute approximate surface area is 127 Å². The highest BCUT2D eigenvalue weighted by Gasteiger charge is 2.14. The predicted octanol–water partition coefficient (Wildman–Crippen LogP) is 3.88. The van der Waals surface area contributed by atoms with E-state index in [2.05, 4.69) is 23.9 Å². The second kappa shape index (κ2) is 5.26. The van der Waals surface area contributed by atoms with E-state index >= 15 is 0 Å². The normalized spacial score (nSPS) is 11.2. The van der Waals surface area contributed by atoms with Crippen LogP contribution in [0.3, 0.4) is 0 Å². The highest BCUT2D eigenvalue weighted by Crippen LogP contribution is 2.35. The number of aromatic nitrogens is 3. The van der Waals surface area contributed by atoms with E-state index in [1.807, 2.05) is 6.07 Å². The third-order valence-corrected chi connectivity index (χ3v) is 3.46. The summed E-state index contributed by atoms with van der Waals surface area (Å²) in [6, 6.07) is 7.19. The van der Waals surface area contributed by atoms with Crippen LogP contribution >= 0.6 is 11.6 Å². The second-order valence-corrected chi connectivity index (χ2v) is 5.45. The van der Waals surface area contributed by atoms with Crippen molar-refractivity contribution < 1.29 is 4.74 Å². The van der Waals surface area contributed by atoms with Crippen molar-refractivity contribution in [2.45, 2.75) is 19.8 Å². The predicted molar refractivity (Wildman–Crippen MR) is 83.0 cm³/mol. The Hall–Kier alpha value is -2.27. The summed E-state index contributed by atoms with van der Waals surface area (Å²) >= 11 is 6.13. The first-order valence-electron chi connectivity index (χ1n) is 6.62. The number of hydrogen-bond donors (Lipinski definition) is 1. The van der Waals surface area contributed by atoms with Crippen LogP contribution in [0, 0.1) is 0 Å². The fourth-order valence-corrected chi connectivity index (χ4v) is 2.23. The molecule has 0 atom stereocenters. The molecule has 2 aromatic heterocycles. The van der Waals surface area contributed by atoms with Crippen LogP contribution in [0.15, 0.2) is 36.7 Å². The molecule has 0 spiro atoms. The molecule has 3 aromatic rings. The zero-order valence-electron chi connectivity index (χ0n) is 11.7. The molecule has 0 bridgehead atoms. The van der Waals surface area contributed by atoms with Crippen molar-refractivity contribution in [2.24, 2.45) is 0 Å². The lowest BCUT2D eigenvalue weighted by atomic mass is 10.1. The molecule has 21 heavy (non-hydrogen) atoms. The highest BCUT2D eigenvalue weighted by atomic mass is 35.5. The number of nitrogen functional groups attached to an aromatic ring is 1. The number of anilines is 1. The van der Waals surface area contributed by atoms with Crippen molar-refractivity contribution in [3.63, 3.8) is 0 Å². The van der Waals surface area contributed by atoms with Gasteiger partial charge in [0.15, 0.2) is 5.75 Å². The number of nitrogens with zero attached hydrogens (tertiary/aromatic N) is 3. The van der Waals surface area contributed by atoms with E-state index < -0.39 is 0 Å². The fraction of sp³-hybridized carbons (Fsp3) is 0.200. The number of nitrogens with two attached hydrogens (primary N) is 1. The van der Waals surface area contributed by atoms with Gasteiger partial charge in [0, 0.05) is 12.4 Å². The molecule has 0 radical (unpaired) electrons. The molecule has 0 amide bonds. The summed E-state index contributed by atoms with van der Waals surface area (Å²) in [4.78, 5) is 4.26. The van der Waals surface area contributed by atoms with Crippen molar-refractivity contribution in [1.29, 1.82) is 0 Å². The summed E-state index contributed by atoms with van der Waals surface area (Å²) in [5.74, 6) is 1.16. The molecule has 0 saturated carbocycles. The van der Waals surface area contributed by atoms with Gasteiger partial charge in [0.2, 0.25) is 5.88 Å².